The second-order valence-electron chi connectivity index (χ2n) is 6.04. The van der Waals surface area contributed by atoms with Gasteiger partial charge in [0.05, 0.1) is 0 Å². The number of hydrogen-bond acceptors (Lipinski definition) is 3. The minimum atomic E-state index is 0.0522. The summed E-state index contributed by atoms with van der Waals surface area (Å²) < 4.78 is 0. The molecule has 1 heterocycles. The first-order valence-electron chi connectivity index (χ1n) is 7.90. The molecule has 0 aromatic heterocycles. The fourth-order valence-corrected chi connectivity index (χ4v) is 2.85. The molecular formula is C17H27N3O. The monoisotopic (exact) mass is 289 g/mol. The predicted octanol–water partition coefficient (Wildman–Crippen LogP) is 2.67. The zero-order valence-corrected chi connectivity index (χ0v) is 13.4. The molecule has 0 saturated carbocycles. The maximum Gasteiger partial charge on any atom is 0.253 e. The van der Waals surface area contributed by atoms with Gasteiger partial charge in [0.1, 0.15) is 0 Å². The predicted molar refractivity (Wildman–Crippen MR) is 87.8 cm³/mol. The van der Waals surface area contributed by atoms with Gasteiger partial charge in [-0.3, -0.25) is 4.79 Å². The molecule has 0 spiro atoms. The van der Waals surface area contributed by atoms with Crippen LogP contribution in [0.25, 0.3) is 0 Å². The maximum atomic E-state index is 12.0. The summed E-state index contributed by atoms with van der Waals surface area (Å²) in [6.07, 6.45) is 3.57. The summed E-state index contributed by atoms with van der Waals surface area (Å²) in [5.74, 6) is 0.0522. The molecule has 0 bridgehead atoms. The Labute approximate surface area is 128 Å². The first-order chi connectivity index (χ1) is 10.1. The average Bonchev–Trinajstić information content (AvgIpc) is 2.49. The van der Waals surface area contributed by atoms with Crippen LogP contribution in [0.15, 0.2) is 24.3 Å². The summed E-state index contributed by atoms with van der Waals surface area (Å²) in [6.45, 7) is 5.78. The number of amides is 1. The van der Waals surface area contributed by atoms with Gasteiger partial charge in [-0.2, -0.15) is 0 Å². The Morgan fingerprint density at radius 1 is 1.33 bits per heavy atom. The third-order valence-corrected chi connectivity index (χ3v) is 4.01. The lowest BCUT2D eigenvalue weighted by Gasteiger charge is -2.32. The number of benzene rings is 1. The standard InChI is InChI=1S/C17H27N3O/c1-4-10-20-11-8-15(9-12-20)18-16-7-5-6-14(13-16)17(21)19(2)3/h5-7,13,15,18H,4,8-12H2,1-3H3. The van der Waals surface area contributed by atoms with Crippen molar-refractivity contribution in [2.75, 3.05) is 39.0 Å². The van der Waals surface area contributed by atoms with Crippen LogP contribution in [-0.4, -0.2) is 55.5 Å². The third kappa shape index (κ3) is 4.46. The van der Waals surface area contributed by atoms with E-state index in [1.54, 1.807) is 19.0 Å². The zero-order valence-electron chi connectivity index (χ0n) is 13.4. The van der Waals surface area contributed by atoms with Gasteiger partial charge >= 0.3 is 0 Å². The Morgan fingerprint density at radius 2 is 2.05 bits per heavy atom. The van der Waals surface area contributed by atoms with Gasteiger partial charge in [-0.25, -0.2) is 0 Å². The van der Waals surface area contributed by atoms with Crippen LogP contribution < -0.4 is 5.32 Å². The molecule has 1 amide bonds. The number of anilines is 1. The Morgan fingerprint density at radius 3 is 2.67 bits per heavy atom. The summed E-state index contributed by atoms with van der Waals surface area (Å²) in [6, 6.07) is 8.34. The number of piperidine rings is 1. The first-order valence-corrected chi connectivity index (χ1v) is 7.90. The Hall–Kier alpha value is -1.55. The zero-order chi connectivity index (χ0) is 15.2. The highest BCUT2D eigenvalue weighted by molar-refractivity contribution is 5.94. The van der Waals surface area contributed by atoms with Gasteiger partial charge in [0.25, 0.3) is 5.91 Å². The lowest BCUT2D eigenvalue weighted by atomic mass is 10.0. The van der Waals surface area contributed by atoms with Crippen molar-refractivity contribution in [1.82, 2.24) is 9.80 Å². The molecule has 4 heteroatoms. The molecule has 0 unspecified atom stereocenters. The van der Waals surface area contributed by atoms with E-state index in [-0.39, 0.29) is 5.91 Å². The van der Waals surface area contributed by atoms with E-state index in [4.69, 9.17) is 0 Å². The topological polar surface area (TPSA) is 35.6 Å². The maximum absolute atomic E-state index is 12.0. The molecule has 1 fully saturated rings. The number of carbonyl (C=O) groups excluding carboxylic acids is 1. The number of likely N-dealkylation sites (tertiary alicyclic amines) is 1. The van der Waals surface area contributed by atoms with Crippen molar-refractivity contribution >= 4 is 11.6 Å². The molecule has 116 valence electrons. The second kappa shape index (κ2) is 7.46. The van der Waals surface area contributed by atoms with E-state index in [0.717, 1.165) is 11.3 Å². The Bertz CT molecular complexity index is 465. The number of carbonyl (C=O) groups is 1. The quantitative estimate of drug-likeness (QED) is 0.905. The van der Waals surface area contributed by atoms with E-state index in [9.17, 15) is 4.79 Å². The highest BCUT2D eigenvalue weighted by atomic mass is 16.2. The molecule has 0 aliphatic carbocycles. The molecule has 0 radical (unpaired) electrons. The summed E-state index contributed by atoms with van der Waals surface area (Å²) in [4.78, 5) is 16.1. The van der Waals surface area contributed by atoms with Gasteiger partial charge < -0.3 is 15.1 Å². The Kier molecular flexibility index (Phi) is 5.62. The molecule has 1 aliphatic rings. The molecule has 21 heavy (non-hydrogen) atoms. The van der Waals surface area contributed by atoms with Crippen LogP contribution in [0.2, 0.25) is 0 Å². The van der Waals surface area contributed by atoms with Crippen LogP contribution in [-0.2, 0) is 0 Å². The largest absolute Gasteiger partial charge is 0.382 e. The van der Waals surface area contributed by atoms with Crippen LogP contribution in [0.5, 0.6) is 0 Å². The summed E-state index contributed by atoms with van der Waals surface area (Å²) >= 11 is 0. The van der Waals surface area contributed by atoms with Crippen molar-refractivity contribution < 1.29 is 4.79 Å². The number of nitrogens with one attached hydrogen (secondary N) is 1. The van der Waals surface area contributed by atoms with E-state index in [0.29, 0.717) is 6.04 Å². The molecule has 1 aromatic rings. The third-order valence-electron chi connectivity index (χ3n) is 4.01. The molecule has 2 rings (SSSR count). The minimum Gasteiger partial charge on any atom is -0.382 e. The highest BCUT2D eigenvalue weighted by Gasteiger charge is 2.18. The fraction of sp³-hybridized carbons (Fsp3) is 0.588. The van der Waals surface area contributed by atoms with E-state index in [1.165, 1.54) is 38.9 Å². The molecule has 4 nitrogen and oxygen atoms in total. The van der Waals surface area contributed by atoms with E-state index < -0.39 is 0 Å². The lowest BCUT2D eigenvalue weighted by molar-refractivity contribution is 0.0827. The highest BCUT2D eigenvalue weighted by Crippen LogP contribution is 2.18. The fourth-order valence-electron chi connectivity index (χ4n) is 2.85. The SMILES string of the molecule is CCCN1CCC(Nc2cccc(C(=O)N(C)C)c2)CC1. The minimum absolute atomic E-state index is 0.0522. The van der Waals surface area contributed by atoms with Crippen molar-refractivity contribution in [3.8, 4) is 0 Å². The van der Waals surface area contributed by atoms with Gasteiger partial charge in [0.2, 0.25) is 0 Å². The smallest absolute Gasteiger partial charge is 0.253 e. The van der Waals surface area contributed by atoms with Crippen LogP contribution in [0.1, 0.15) is 36.5 Å². The van der Waals surface area contributed by atoms with Crippen molar-refractivity contribution in [2.24, 2.45) is 0 Å². The molecule has 1 aromatic carbocycles. The van der Waals surface area contributed by atoms with Crippen molar-refractivity contribution in [1.29, 1.82) is 0 Å². The van der Waals surface area contributed by atoms with Gasteiger partial charge in [-0.1, -0.05) is 13.0 Å². The number of rotatable bonds is 5. The molecule has 1 saturated heterocycles. The van der Waals surface area contributed by atoms with Gasteiger partial charge in [0.15, 0.2) is 0 Å². The Balaban J connectivity index is 1.92. The van der Waals surface area contributed by atoms with Gasteiger partial charge in [-0.15, -0.1) is 0 Å². The summed E-state index contributed by atoms with van der Waals surface area (Å²) in [5.41, 5.74) is 1.80. The molecule has 1 aliphatic heterocycles. The summed E-state index contributed by atoms with van der Waals surface area (Å²) in [7, 11) is 3.57. The van der Waals surface area contributed by atoms with Crippen molar-refractivity contribution in [2.45, 2.75) is 32.2 Å². The molecular weight excluding hydrogens is 262 g/mol. The number of hydrogen-bond donors (Lipinski definition) is 1. The van der Waals surface area contributed by atoms with Crippen LogP contribution in [0.4, 0.5) is 5.69 Å². The average molecular weight is 289 g/mol. The lowest BCUT2D eigenvalue weighted by Crippen LogP contribution is -2.39. The van der Waals surface area contributed by atoms with Crippen molar-refractivity contribution in [3.63, 3.8) is 0 Å². The van der Waals surface area contributed by atoms with Gasteiger partial charge in [0, 0.05) is 44.5 Å². The van der Waals surface area contributed by atoms with E-state index in [1.807, 2.05) is 24.3 Å². The van der Waals surface area contributed by atoms with Gasteiger partial charge in [-0.05, 0) is 44.0 Å². The first kappa shape index (κ1) is 15.8. The van der Waals surface area contributed by atoms with E-state index >= 15 is 0 Å². The normalized spacial score (nSPS) is 16.7. The number of nitrogens with zero attached hydrogens (tertiary/aromatic N) is 2. The van der Waals surface area contributed by atoms with E-state index in [2.05, 4.69) is 17.1 Å². The summed E-state index contributed by atoms with van der Waals surface area (Å²) in [5, 5.41) is 3.58. The molecule has 0 atom stereocenters. The van der Waals surface area contributed by atoms with Crippen LogP contribution in [0, 0.1) is 0 Å². The van der Waals surface area contributed by atoms with Crippen LogP contribution in [0.3, 0.4) is 0 Å². The molecule has 1 N–H and O–H groups in total. The second-order valence-corrected chi connectivity index (χ2v) is 6.04. The van der Waals surface area contributed by atoms with Crippen LogP contribution >= 0.6 is 0 Å². The van der Waals surface area contributed by atoms with Crippen molar-refractivity contribution in [3.05, 3.63) is 29.8 Å².